The molecular weight excluding hydrogens is 352 g/mol. The number of thioether (sulfide) groups is 1. The summed E-state index contributed by atoms with van der Waals surface area (Å²) in [5, 5.41) is 5.93. The lowest BCUT2D eigenvalue weighted by molar-refractivity contribution is -0.140. The van der Waals surface area contributed by atoms with Gasteiger partial charge in [0.2, 0.25) is 5.91 Å². The van der Waals surface area contributed by atoms with Gasteiger partial charge in [0.05, 0.1) is 19.2 Å². The Morgan fingerprint density at radius 3 is 2.62 bits per heavy atom. The zero-order chi connectivity index (χ0) is 18.9. The first-order chi connectivity index (χ1) is 12.5. The third-order valence-corrected chi connectivity index (χ3v) is 5.29. The van der Waals surface area contributed by atoms with E-state index in [9.17, 15) is 14.4 Å². The van der Waals surface area contributed by atoms with Gasteiger partial charge in [-0.15, -0.1) is 11.8 Å². The Hall–Kier alpha value is -2.28. The number of hydrogen-bond donors (Lipinski definition) is 2. The van der Waals surface area contributed by atoms with E-state index in [0.29, 0.717) is 30.6 Å². The van der Waals surface area contributed by atoms with Crippen molar-refractivity contribution in [1.29, 1.82) is 0 Å². The highest BCUT2D eigenvalue weighted by Gasteiger charge is 2.34. The molecule has 2 amide bonds. The van der Waals surface area contributed by atoms with Crippen molar-refractivity contribution in [3.05, 3.63) is 46.9 Å². The molecule has 0 saturated carbocycles. The van der Waals surface area contributed by atoms with Crippen molar-refractivity contribution in [2.75, 3.05) is 12.9 Å². The molecule has 1 aliphatic rings. The molecule has 1 aromatic rings. The Bertz CT molecular complexity index is 675. The van der Waals surface area contributed by atoms with Gasteiger partial charge in [-0.1, -0.05) is 24.3 Å². The SMILES string of the molecule is COC(=O)CCC/C=C1/SC[C@H](NC(=O)c2ccccc2)[C@H]1NC(C)=O. The van der Waals surface area contributed by atoms with Gasteiger partial charge in [0.1, 0.15) is 0 Å². The lowest BCUT2D eigenvalue weighted by Crippen LogP contribution is -2.50. The number of esters is 1. The van der Waals surface area contributed by atoms with Crippen LogP contribution in [-0.4, -0.2) is 42.7 Å². The van der Waals surface area contributed by atoms with E-state index in [1.807, 2.05) is 24.3 Å². The predicted octanol–water partition coefficient (Wildman–Crippen LogP) is 2.26. The Morgan fingerprint density at radius 1 is 1.23 bits per heavy atom. The minimum absolute atomic E-state index is 0.142. The fourth-order valence-electron chi connectivity index (χ4n) is 2.71. The summed E-state index contributed by atoms with van der Waals surface area (Å²) in [5.74, 6) is 0.163. The molecule has 0 spiro atoms. The maximum absolute atomic E-state index is 12.4. The fourth-order valence-corrected chi connectivity index (χ4v) is 3.99. The Morgan fingerprint density at radius 2 is 1.96 bits per heavy atom. The third kappa shape index (κ3) is 5.91. The topological polar surface area (TPSA) is 84.5 Å². The van der Waals surface area contributed by atoms with Gasteiger partial charge in [0.25, 0.3) is 5.91 Å². The molecule has 1 fully saturated rings. The quantitative estimate of drug-likeness (QED) is 0.563. The van der Waals surface area contributed by atoms with Crippen LogP contribution in [0.2, 0.25) is 0 Å². The fraction of sp³-hybridized carbons (Fsp3) is 0.421. The molecule has 1 aliphatic heterocycles. The van der Waals surface area contributed by atoms with Gasteiger partial charge in [-0.05, 0) is 25.0 Å². The minimum Gasteiger partial charge on any atom is -0.469 e. The van der Waals surface area contributed by atoms with Crippen LogP contribution >= 0.6 is 11.8 Å². The smallest absolute Gasteiger partial charge is 0.305 e. The third-order valence-electron chi connectivity index (χ3n) is 4.01. The minimum atomic E-state index is -0.247. The molecule has 2 rings (SSSR count). The molecule has 7 heteroatoms. The van der Waals surface area contributed by atoms with Crippen molar-refractivity contribution >= 4 is 29.5 Å². The van der Waals surface area contributed by atoms with Gasteiger partial charge in [-0.25, -0.2) is 0 Å². The largest absolute Gasteiger partial charge is 0.469 e. The Balaban J connectivity index is 1.99. The van der Waals surface area contributed by atoms with Gasteiger partial charge < -0.3 is 15.4 Å². The number of hydrogen-bond acceptors (Lipinski definition) is 5. The van der Waals surface area contributed by atoms with E-state index < -0.39 is 0 Å². The first-order valence-corrected chi connectivity index (χ1v) is 9.52. The van der Waals surface area contributed by atoms with Crippen molar-refractivity contribution in [3.8, 4) is 0 Å². The normalized spacial score (nSPS) is 20.6. The van der Waals surface area contributed by atoms with Crippen LogP contribution in [0.5, 0.6) is 0 Å². The first-order valence-electron chi connectivity index (χ1n) is 8.54. The highest BCUT2D eigenvalue weighted by Crippen LogP contribution is 2.32. The lowest BCUT2D eigenvalue weighted by Gasteiger charge is -2.22. The first kappa shape index (κ1) is 20.0. The zero-order valence-corrected chi connectivity index (χ0v) is 15.8. The summed E-state index contributed by atoms with van der Waals surface area (Å²) in [7, 11) is 1.38. The molecule has 1 heterocycles. The monoisotopic (exact) mass is 376 g/mol. The summed E-state index contributed by atoms with van der Waals surface area (Å²) < 4.78 is 4.63. The summed E-state index contributed by atoms with van der Waals surface area (Å²) >= 11 is 1.62. The molecule has 2 atom stereocenters. The van der Waals surface area contributed by atoms with Crippen LogP contribution < -0.4 is 10.6 Å². The number of unbranched alkanes of at least 4 members (excludes halogenated alkanes) is 1. The molecule has 0 aromatic heterocycles. The standard InChI is InChI=1S/C19H24N2O4S/c1-13(22)20-18-15(21-19(24)14-8-4-3-5-9-14)12-26-16(18)10-6-7-11-17(23)25-2/h3-5,8-10,15,18H,6-7,11-12H2,1-2H3,(H,20,22)(H,21,24)/b16-10+/t15-,18+/m0/s1. The molecular formula is C19H24N2O4S. The average Bonchev–Trinajstić information content (AvgIpc) is 3.00. The van der Waals surface area contributed by atoms with Crippen molar-refractivity contribution in [2.45, 2.75) is 38.3 Å². The molecule has 26 heavy (non-hydrogen) atoms. The van der Waals surface area contributed by atoms with Gasteiger partial charge in [-0.3, -0.25) is 14.4 Å². The molecule has 0 unspecified atom stereocenters. The van der Waals surface area contributed by atoms with E-state index in [1.54, 1.807) is 23.9 Å². The van der Waals surface area contributed by atoms with Crippen molar-refractivity contribution < 1.29 is 19.1 Å². The maximum Gasteiger partial charge on any atom is 0.305 e. The van der Waals surface area contributed by atoms with Crippen LogP contribution in [0.25, 0.3) is 0 Å². The van der Waals surface area contributed by atoms with Gasteiger partial charge in [0, 0.05) is 29.6 Å². The van der Waals surface area contributed by atoms with Gasteiger partial charge >= 0.3 is 5.97 Å². The Labute approximate surface area is 157 Å². The van der Waals surface area contributed by atoms with Crippen LogP contribution in [0.4, 0.5) is 0 Å². The van der Waals surface area contributed by atoms with Gasteiger partial charge in [-0.2, -0.15) is 0 Å². The molecule has 2 N–H and O–H groups in total. The number of allylic oxidation sites excluding steroid dienone is 1. The van der Waals surface area contributed by atoms with E-state index in [-0.39, 0.29) is 29.9 Å². The number of carbonyl (C=O) groups is 3. The second-order valence-electron chi connectivity index (χ2n) is 6.01. The highest BCUT2D eigenvalue weighted by atomic mass is 32.2. The van der Waals surface area contributed by atoms with Crippen molar-refractivity contribution in [2.24, 2.45) is 0 Å². The Kier molecular flexibility index (Phi) is 7.72. The predicted molar refractivity (Wildman–Crippen MR) is 102 cm³/mol. The lowest BCUT2D eigenvalue weighted by atomic mass is 10.1. The summed E-state index contributed by atoms with van der Waals surface area (Å²) in [6.07, 6.45) is 3.80. The number of methoxy groups -OCH3 is 1. The molecule has 140 valence electrons. The highest BCUT2D eigenvalue weighted by molar-refractivity contribution is 8.03. The van der Waals surface area contributed by atoms with Crippen LogP contribution in [0, 0.1) is 0 Å². The summed E-state index contributed by atoms with van der Waals surface area (Å²) in [6.45, 7) is 1.47. The van der Waals surface area contributed by atoms with E-state index in [1.165, 1.54) is 14.0 Å². The second-order valence-corrected chi connectivity index (χ2v) is 7.10. The number of benzene rings is 1. The van der Waals surface area contributed by atoms with Crippen LogP contribution in [0.1, 0.15) is 36.5 Å². The number of ether oxygens (including phenoxy) is 1. The average molecular weight is 376 g/mol. The molecule has 1 aromatic carbocycles. The van der Waals surface area contributed by atoms with E-state index >= 15 is 0 Å². The van der Waals surface area contributed by atoms with Crippen LogP contribution in [-0.2, 0) is 14.3 Å². The van der Waals surface area contributed by atoms with E-state index in [0.717, 1.165) is 4.91 Å². The zero-order valence-electron chi connectivity index (χ0n) is 15.0. The van der Waals surface area contributed by atoms with Gasteiger partial charge in [0.15, 0.2) is 0 Å². The molecule has 0 aliphatic carbocycles. The summed E-state index contributed by atoms with van der Waals surface area (Å²) in [4.78, 5) is 36.2. The number of nitrogens with one attached hydrogen (secondary N) is 2. The molecule has 0 radical (unpaired) electrons. The number of carbonyl (C=O) groups excluding carboxylic acids is 3. The van der Waals surface area contributed by atoms with Crippen LogP contribution in [0.15, 0.2) is 41.3 Å². The van der Waals surface area contributed by atoms with Crippen molar-refractivity contribution in [3.63, 3.8) is 0 Å². The second kappa shape index (κ2) is 10.0. The molecule has 0 bridgehead atoms. The van der Waals surface area contributed by atoms with Crippen LogP contribution in [0.3, 0.4) is 0 Å². The van der Waals surface area contributed by atoms with E-state index in [4.69, 9.17) is 0 Å². The summed E-state index contributed by atoms with van der Waals surface area (Å²) in [5.41, 5.74) is 0.592. The summed E-state index contributed by atoms with van der Waals surface area (Å²) in [6, 6.07) is 8.58. The number of rotatable bonds is 7. The molecule has 6 nitrogen and oxygen atoms in total. The maximum atomic E-state index is 12.4. The number of amides is 2. The molecule has 1 saturated heterocycles. The van der Waals surface area contributed by atoms with Crippen molar-refractivity contribution in [1.82, 2.24) is 10.6 Å². The van der Waals surface area contributed by atoms with E-state index in [2.05, 4.69) is 15.4 Å².